The third-order valence-electron chi connectivity index (χ3n) is 3.20. The number of nitriles is 1. The third-order valence-corrected chi connectivity index (χ3v) is 3.20. The Labute approximate surface area is 138 Å². The third kappa shape index (κ3) is 2.81. The van der Waals surface area contributed by atoms with Gasteiger partial charge in [0.15, 0.2) is 5.82 Å². The topological polar surface area (TPSA) is 161 Å². The molecule has 11 nitrogen and oxygen atoms in total. The highest BCUT2D eigenvalue weighted by Gasteiger charge is 2.16. The number of phenolic OH excluding ortho intramolecular Hbond substituents is 1. The first kappa shape index (κ1) is 15.9. The molecule has 0 radical (unpaired) electrons. The SMILES string of the molecule is Cn1nnn(-c2cc(Nc3ncc(C#N)c(N)n3)c(F)cc2O)c1=O. The summed E-state index contributed by atoms with van der Waals surface area (Å²) in [6.45, 7) is 0. The van der Waals surface area contributed by atoms with E-state index < -0.39 is 17.3 Å². The molecule has 126 valence electrons. The summed E-state index contributed by atoms with van der Waals surface area (Å²) in [4.78, 5) is 19.6. The van der Waals surface area contributed by atoms with Gasteiger partial charge in [-0.1, -0.05) is 0 Å². The lowest BCUT2D eigenvalue weighted by Crippen LogP contribution is -2.22. The fraction of sp³-hybridized carbons (Fsp3) is 0.0769. The summed E-state index contributed by atoms with van der Waals surface area (Å²) >= 11 is 0. The van der Waals surface area contributed by atoms with Gasteiger partial charge in [0.25, 0.3) is 0 Å². The lowest BCUT2D eigenvalue weighted by Gasteiger charge is -2.10. The number of anilines is 3. The minimum atomic E-state index is -0.829. The Morgan fingerprint density at radius 2 is 2.16 bits per heavy atom. The van der Waals surface area contributed by atoms with Gasteiger partial charge >= 0.3 is 5.69 Å². The van der Waals surface area contributed by atoms with Gasteiger partial charge in [-0.25, -0.2) is 14.2 Å². The van der Waals surface area contributed by atoms with Crippen molar-refractivity contribution in [3.05, 3.63) is 40.2 Å². The summed E-state index contributed by atoms with van der Waals surface area (Å²) in [5.41, 5.74) is 4.78. The summed E-state index contributed by atoms with van der Waals surface area (Å²) in [6.07, 6.45) is 1.18. The fourth-order valence-corrected chi connectivity index (χ4v) is 1.94. The second kappa shape index (κ2) is 5.89. The number of rotatable bonds is 3. The van der Waals surface area contributed by atoms with Gasteiger partial charge in [-0.05, 0) is 16.5 Å². The van der Waals surface area contributed by atoms with Gasteiger partial charge in [-0.15, -0.1) is 0 Å². The number of nitrogens with one attached hydrogen (secondary N) is 1. The van der Waals surface area contributed by atoms with E-state index in [4.69, 9.17) is 11.0 Å². The van der Waals surface area contributed by atoms with Crippen molar-refractivity contribution in [2.75, 3.05) is 11.1 Å². The number of hydrogen-bond acceptors (Lipinski definition) is 9. The first-order valence-corrected chi connectivity index (χ1v) is 6.72. The van der Waals surface area contributed by atoms with Crippen molar-refractivity contribution < 1.29 is 9.50 Å². The van der Waals surface area contributed by atoms with Crippen LogP contribution in [-0.2, 0) is 7.05 Å². The van der Waals surface area contributed by atoms with Crippen LogP contribution in [0.15, 0.2) is 23.1 Å². The van der Waals surface area contributed by atoms with Crippen LogP contribution in [0.3, 0.4) is 0 Å². The summed E-state index contributed by atoms with van der Waals surface area (Å²) in [5.74, 6) is -1.49. The normalized spacial score (nSPS) is 10.4. The van der Waals surface area contributed by atoms with Crippen LogP contribution in [0.4, 0.5) is 21.8 Å². The molecule has 0 aliphatic rings. The smallest absolute Gasteiger partial charge is 0.368 e. The summed E-state index contributed by atoms with van der Waals surface area (Å²) in [6, 6.07) is 3.74. The molecule has 0 saturated heterocycles. The minimum absolute atomic E-state index is 0.0708. The molecule has 0 spiro atoms. The highest BCUT2D eigenvalue weighted by Crippen LogP contribution is 2.28. The molecule has 0 aliphatic heterocycles. The van der Waals surface area contributed by atoms with Crippen LogP contribution in [0.2, 0.25) is 0 Å². The summed E-state index contributed by atoms with van der Waals surface area (Å²) in [7, 11) is 1.37. The molecular formula is C13H10FN9O2. The number of nitrogens with two attached hydrogens (primary N) is 1. The van der Waals surface area contributed by atoms with Crippen molar-refractivity contribution in [3.8, 4) is 17.5 Å². The number of aryl methyl sites for hydroxylation is 1. The maximum Gasteiger partial charge on any atom is 0.368 e. The summed E-state index contributed by atoms with van der Waals surface area (Å²) in [5, 5.41) is 28.3. The van der Waals surface area contributed by atoms with Gasteiger partial charge in [0, 0.05) is 13.1 Å². The molecule has 0 fully saturated rings. The predicted octanol–water partition coefficient (Wildman–Crippen LogP) is -0.202. The van der Waals surface area contributed by atoms with Crippen LogP contribution in [-0.4, -0.2) is 34.9 Å². The van der Waals surface area contributed by atoms with Crippen molar-refractivity contribution in [2.45, 2.75) is 0 Å². The van der Waals surface area contributed by atoms with Crippen molar-refractivity contribution in [1.82, 2.24) is 29.8 Å². The Morgan fingerprint density at radius 3 is 2.76 bits per heavy atom. The molecule has 0 atom stereocenters. The molecule has 1 aromatic carbocycles. The molecule has 4 N–H and O–H groups in total. The van der Waals surface area contributed by atoms with E-state index in [9.17, 15) is 14.3 Å². The van der Waals surface area contributed by atoms with E-state index in [1.54, 1.807) is 6.07 Å². The molecular weight excluding hydrogens is 333 g/mol. The average molecular weight is 343 g/mol. The Morgan fingerprint density at radius 1 is 1.40 bits per heavy atom. The maximum atomic E-state index is 14.1. The molecule has 2 heterocycles. The molecule has 12 heteroatoms. The second-order valence-corrected chi connectivity index (χ2v) is 4.85. The van der Waals surface area contributed by atoms with E-state index >= 15 is 0 Å². The number of phenols is 1. The first-order chi connectivity index (χ1) is 11.9. The van der Waals surface area contributed by atoms with Gasteiger partial charge in [0.05, 0.1) is 11.9 Å². The van der Waals surface area contributed by atoms with Crippen LogP contribution >= 0.6 is 0 Å². The molecule has 0 amide bonds. The molecule has 0 aliphatic carbocycles. The van der Waals surface area contributed by atoms with E-state index in [0.29, 0.717) is 0 Å². The second-order valence-electron chi connectivity index (χ2n) is 4.85. The van der Waals surface area contributed by atoms with Gasteiger partial charge < -0.3 is 16.2 Å². The Kier molecular flexibility index (Phi) is 3.74. The summed E-state index contributed by atoms with van der Waals surface area (Å²) < 4.78 is 15.8. The number of tetrazole rings is 1. The van der Waals surface area contributed by atoms with Crippen molar-refractivity contribution >= 4 is 17.5 Å². The van der Waals surface area contributed by atoms with Crippen LogP contribution in [0.25, 0.3) is 5.69 Å². The van der Waals surface area contributed by atoms with Gasteiger partial charge in [0.1, 0.15) is 28.9 Å². The average Bonchev–Trinajstić information content (AvgIpc) is 2.90. The van der Waals surface area contributed by atoms with Gasteiger partial charge in [-0.2, -0.15) is 19.6 Å². The van der Waals surface area contributed by atoms with Gasteiger partial charge in [-0.3, -0.25) is 0 Å². The van der Waals surface area contributed by atoms with E-state index in [2.05, 4.69) is 25.7 Å². The maximum absolute atomic E-state index is 14.1. The minimum Gasteiger partial charge on any atom is -0.506 e. The van der Waals surface area contributed by atoms with Crippen LogP contribution in [0, 0.1) is 17.1 Å². The number of hydrogen-bond donors (Lipinski definition) is 3. The number of aromatic hydroxyl groups is 1. The number of halogens is 1. The van der Waals surface area contributed by atoms with Gasteiger partial charge in [0.2, 0.25) is 5.95 Å². The molecule has 0 unspecified atom stereocenters. The molecule has 2 aromatic heterocycles. The number of nitrogens with zero attached hydrogens (tertiary/aromatic N) is 7. The van der Waals surface area contributed by atoms with E-state index in [1.165, 1.54) is 13.2 Å². The number of benzene rings is 1. The van der Waals surface area contributed by atoms with E-state index in [1.807, 2.05) is 0 Å². The largest absolute Gasteiger partial charge is 0.506 e. The van der Waals surface area contributed by atoms with Crippen molar-refractivity contribution in [1.29, 1.82) is 5.26 Å². The quantitative estimate of drug-likeness (QED) is 0.547. The molecule has 3 rings (SSSR count). The van der Waals surface area contributed by atoms with Crippen LogP contribution in [0.1, 0.15) is 5.56 Å². The highest BCUT2D eigenvalue weighted by molar-refractivity contribution is 5.63. The predicted molar refractivity (Wildman–Crippen MR) is 82.7 cm³/mol. The molecule has 3 aromatic rings. The molecule has 25 heavy (non-hydrogen) atoms. The zero-order valence-electron chi connectivity index (χ0n) is 12.7. The van der Waals surface area contributed by atoms with E-state index in [0.717, 1.165) is 21.5 Å². The lowest BCUT2D eigenvalue weighted by molar-refractivity contribution is 0.463. The Hall–Kier alpha value is -4.01. The Balaban J connectivity index is 2.04. The Bertz CT molecular complexity index is 1070. The molecule has 0 bridgehead atoms. The van der Waals surface area contributed by atoms with Crippen LogP contribution < -0.4 is 16.7 Å². The standard InChI is InChI=1S/C13H10FN9O2/c1-22-13(25)23(21-20-22)9-3-8(7(14)2-10(9)24)18-12-17-5-6(4-15)11(16)19-12/h2-3,5,24H,1H3,(H3,16,17,18,19). The van der Waals surface area contributed by atoms with Crippen molar-refractivity contribution in [3.63, 3.8) is 0 Å². The number of nitrogen functional groups attached to an aromatic ring is 1. The number of aromatic nitrogens is 6. The highest BCUT2D eigenvalue weighted by atomic mass is 19.1. The monoisotopic (exact) mass is 343 g/mol. The lowest BCUT2D eigenvalue weighted by atomic mass is 10.2. The molecule has 0 saturated carbocycles. The van der Waals surface area contributed by atoms with Crippen molar-refractivity contribution in [2.24, 2.45) is 7.05 Å². The fourth-order valence-electron chi connectivity index (χ4n) is 1.94. The zero-order chi connectivity index (χ0) is 18.1. The van der Waals surface area contributed by atoms with E-state index in [-0.39, 0.29) is 28.7 Å². The zero-order valence-corrected chi connectivity index (χ0v) is 12.7. The first-order valence-electron chi connectivity index (χ1n) is 6.72. The van der Waals surface area contributed by atoms with Crippen LogP contribution in [0.5, 0.6) is 5.75 Å².